The summed E-state index contributed by atoms with van der Waals surface area (Å²) < 4.78 is 60.9. The van der Waals surface area contributed by atoms with Crippen LogP contribution in [0.15, 0.2) is 42.5 Å². The van der Waals surface area contributed by atoms with E-state index in [4.69, 9.17) is 0 Å². The summed E-state index contributed by atoms with van der Waals surface area (Å²) in [6.07, 6.45) is -4.52. The number of hydrogen-bond acceptors (Lipinski definition) is 5. The van der Waals surface area contributed by atoms with Crippen molar-refractivity contribution < 1.29 is 41.5 Å². The zero-order chi connectivity index (χ0) is 36.8. The summed E-state index contributed by atoms with van der Waals surface area (Å²) in [5.74, 6) is -2.94. The number of benzene rings is 2. The van der Waals surface area contributed by atoms with E-state index in [0.29, 0.717) is 24.1 Å². The summed E-state index contributed by atoms with van der Waals surface area (Å²) in [6, 6.07) is 7.93. The third-order valence-electron chi connectivity index (χ3n) is 9.83. The SMILES string of the molecule is CCC(C)C(CNC(=O)OC)NC(=O)[C@@]1(NC(=O)C(NC(=O)Cc2ccccc2F)C(C)CC)CCc2[nH]c3c(C(F)(F)F)cccc3c2C1. The van der Waals surface area contributed by atoms with E-state index in [0.717, 1.165) is 6.07 Å². The fraction of sp³-hybridized carbons (Fsp3) is 0.500. The molecule has 0 fully saturated rings. The first-order valence-electron chi connectivity index (χ1n) is 16.8. The van der Waals surface area contributed by atoms with E-state index < -0.39 is 64.9 Å². The summed E-state index contributed by atoms with van der Waals surface area (Å²) >= 11 is 0. The Balaban J connectivity index is 1.72. The molecular weight excluding hydrogens is 658 g/mol. The van der Waals surface area contributed by atoms with Crippen LogP contribution in [0.25, 0.3) is 10.9 Å². The van der Waals surface area contributed by atoms with Gasteiger partial charge in [-0.3, -0.25) is 14.4 Å². The Morgan fingerprint density at radius 2 is 1.68 bits per heavy atom. The van der Waals surface area contributed by atoms with Crippen molar-refractivity contribution >= 4 is 34.7 Å². The number of carbonyl (C=O) groups excluding carboxylic acids is 4. The number of halogens is 4. The first-order chi connectivity index (χ1) is 23.6. The largest absolute Gasteiger partial charge is 0.453 e. The second-order valence-corrected chi connectivity index (χ2v) is 13.1. The smallest absolute Gasteiger partial charge is 0.418 e. The number of methoxy groups -OCH3 is 1. The van der Waals surface area contributed by atoms with Crippen LogP contribution in [0, 0.1) is 17.7 Å². The van der Waals surface area contributed by atoms with Crippen LogP contribution < -0.4 is 21.3 Å². The molecule has 272 valence electrons. The fourth-order valence-electron chi connectivity index (χ4n) is 6.37. The third kappa shape index (κ3) is 8.56. The Kier molecular flexibility index (Phi) is 12.2. The van der Waals surface area contributed by atoms with E-state index in [9.17, 15) is 36.7 Å². The number of amides is 4. The number of aryl methyl sites for hydroxylation is 1. The maximum absolute atomic E-state index is 14.5. The molecule has 4 unspecified atom stereocenters. The standard InChI is InChI=1S/C36H45F4N5O5/c1-6-20(3)28(19-41-34(49)50-5)43-33(48)35(16-15-27-24(18-35)23-12-10-13-25(31(23)42-27)36(38,39)40)45-32(47)30(21(4)7-2)44-29(46)17-22-11-8-9-14-26(22)37/h8-14,20-21,28,30,42H,6-7,15-19H2,1-5H3,(H,41,49)(H,43,48)(H,44,46)(H,45,47)/t20?,21?,28?,30?,35-/m1/s1. The van der Waals surface area contributed by atoms with E-state index in [-0.39, 0.29) is 54.6 Å². The lowest BCUT2D eigenvalue weighted by atomic mass is 9.78. The van der Waals surface area contributed by atoms with Gasteiger partial charge in [0.25, 0.3) is 0 Å². The van der Waals surface area contributed by atoms with Crippen LogP contribution in [-0.4, -0.2) is 60.1 Å². The number of para-hydroxylation sites is 1. The molecule has 10 nitrogen and oxygen atoms in total. The fourth-order valence-corrected chi connectivity index (χ4v) is 6.37. The van der Waals surface area contributed by atoms with Gasteiger partial charge in [-0.1, -0.05) is 70.9 Å². The van der Waals surface area contributed by atoms with Crippen molar-refractivity contribution in [3.8, 4) is 0 Å². The summed E-state index contributed by atoms with van der Waals surface area (Å²) in [4.78, 5) is 56.6. The average molecular weight is 704 g/mol. The average Bonchev–Trinajstić information content (AvgIpc) is 3.46. The second-order valence-electron chi connectivity index (χ2n) is 13.1. The van der Waals surface area contributed by atoms with Gasteiger partial charge in [-0.05, 0) is 47.9 Å². The summed E-state index contributed by atoms with van der Waals surface area (Å²) in [7, 11) is 1.21. The highest BCUT2D eigenvalue weighted by Gasteiger charge is 2.47. The molecule has 50 heavy (non-hydrogen) atoms. The van der Waals surface area contributed by atoms with Crippen molar-refractivity contribution in [3.63, 3.8) is 0 Å². The summed E-state index contributed by atoms with van der Waals surface area (Å²) in [6.45, 7) is 7.41. The predicted molar refractivity (Wildman–Crippen MR) is 179 cm³/mol. The number of fused-ring (bicyclic) bond motifs is 3. The minimum atomic E-state index is -4.63. The monoisotopic (exact) mass is 703 g/mol. The van der Waals surface area contributed by atoms with Gasteiger partial charge in [-0.2, -0.15) is 13.2 Å². The van der Waals surface area contributed by atoms with Crippen LogP contribution in [0.2, 0.25) is 0 Å². The molecule has 1 heterocycles. The van der Waals surface area contributed by atoms with Crippen LogP contribution in [0.5, 0.6) is 0 Å². The molecule has 5 atom stereocenters. The van der Waals surface area contributed by atoms with Crippen LogP contribution in [0.1, 0.15) is 69.3 Å². The lowest BCUT2D eigenvalue weighted by molar-refractivity contribution is -0.137. The Hall–Kier alpha value is -4.62. The zero-order valence-electron chi connectivity index (χ0n) is 28.9. The van der Waals surface area contributed by atoms with Gasteiger partial charge in [-0.15, -0.1) is 0 Å². The summed E-state index contributed by atoms with van der Waals surface area (Å²) in [5.41, 5.74) is -1.46. The molecule has 0 aliphatic heterocycles. The van der Waals surface area contributed by atoms with Crippen LogP contribution in [0.3, 0.4) is 0 Å². The number of alkyl halides is 3. The minimum Gasteiger partial charge on any atom is -0.453 e. The molecular formula is C36H45F4N5O5. The van der Waals surface area contributed by atoms with E-state index in [1.807, 2.05) is 20.8 Å². The van der Waals surface area contributed by atoms with Crippen LogP contribution >= 0.6 is 0 Å². The van der Waals surface area contributed by atoms with E-state index >= 15 is 0 Å². The zero-order valence-corrected chi connectivity index (χ0v) is 28.9. The van der Waals surface area contributed by atoms with Gasteiger partial charge >= 0.3 is 12.3 Å². The Bertz CT molecular complexity index is 1710. The molecule has 0 radical (unpaired) electrons. The Labute approximate surface area is 288 Å². The topological polar surface area (TPSA) is 141 Å². The molecule has 1 aliphatic rings. The number of ether oxygens (including phenoxy) is 1. The van der Waals surface area contributed by atoms with E-state index in [1.165, 1.54) is 31.4 Å². The number of carbonyl (C=O) groups is 4. The Morgan fingerprint density at radius 1 is 0.980 bits per heavy atom. The quantitative estimate of drug-likeness (QED) is 0.153. The number of rotatable bonds is 13. The van der Waals surface area contributed by atoms with Crippen molar-refractivity contribution in [2.45, 2.75) is 90.0 Å². The minimum absolute atomic E-state index is 0.0202. The van der Waals surface area contributed by atoms with Gasteiger partial charge < -0.3 is 31.0 Å². The van der Waals surface area contributed by atoms with Gasteiger partial charge in [0.15, 0.2) is 0 Å². The molecule has 0 bridgehead atoms. The maximum Gasteiger partial charge on any atom is 0.418 e. The number of nitrogens with one attached hydrogen (secondary N) is 5. The molecule has 1 aromatic heterocycles. The van der Waals surface area contributed by atoms with E-state index in [1.54, 1.807) is 19.1 Å². The van der Waals surface area contributed by atoms with Crippen molar-refractivity contribution in [2.24, 2.45) is 11.8 Å². The van der Waals surface area contributed by atoms with Crippen molar-refractivity contribution in [1.82, 2.24) is 26.3 Å². The predicted octanol–water partition coefficient (Wildman–Crippen LogP) is 5.33. The highest BCUT2D eigenvalue weighted by molar-refractivity contribution is 5.97. The lowest BCUT2D eigenvalue weighted by Crippen LogP contribution is -2.66. The number of hydrogen-bond donors (Lipinski definition) is 5. The van der Waals surface area contributed by atoms with E-state index in [2.05, 4.69) is 31.0 Å². The number of aromatic amines is 1. The number of aromatic nitrogens is 1. The van der Waals surface area contributed by atoms with Crippen LogP contribution in [-0.2, 0) is 44.6 Å². The normalized spacial score (nSPS) is 18.3. The molecule has 1 aliphatic carbocycles. The molecule has 0 spiro atoms. The highest BCUT2D eigenvalue weighted by Crippen LogP contribution is 2.40. The molecule has 14 heteroatoms. The van der Waals surface area contributed by atoms with Gasteiger partial charge in [0.2, 0.25) is 17.7 Å². The summed E-state index contributed by atoms with van der Waals surface area (Å²) in [5, 5.41) is 11.5. The maximum atomic E-state index is 14.5. The Morgan fingerprint density at radius 3 is 2.32 bits per heavy atom. The second kappa shape index (κ2) is 15.9. The van der Waals surface area contributed by atoms with Gasteiger partial charge in [0.1, 0.15) is 17.4 Å². The van der Waals surface area contributed by atoms with Gasteiger partial charge in [0, 0.05) is 30.1 Å². The van der Waals surface area contributed by atoms with Gasteiger partial charge in [-0.25, -0.2) is 9.18 Å². The molecule has 0 saturated carbocycles. The molecule has 5 N–H and O–H groups in total. The molecule has 2 aromatic carbocycles. The molecule has 0 saturated heterocycles. The van der Waals surface area contributed by atoms with Crippen molar-refractivity contribution in [3.05, 3.63) is 70.7 Å². The lowest BCUT2D eigenvalue weighted by Gasteiger charge is -2.40. The first-order valence-corrected chi connectivity index (χ1v) is 16.8. The molecule has 4 rings (SSSR count). The van der Waals surface area contributed by atoms with Gasteiger partial charge in [0.05, 0.1) is 24.6 Å². The van der Waals surface area contributed by atoms with Crippen molar-refractivity contribution in [1.29, 1.82) is 0 Å². The number of alkyl carbamates (subject to hydrolysis) is 1. The van der Waals surface area contributed by atoms with Crippen molar-refractivity contribution in [2.75, 3.05) is 13.7 Å². The number of H-pyrrole nitrogens is 1. The third-order valence-corrected chi connectivity index (χ3v) is 9.83. The molecule has 4 amide bonds. The van der Waals surface area contributed by atoms with Crippen LogP contribution in [0.4, 0.5) is 22.4 Å². The first kappa shape index (κ1) is 38.2. The molecule has 3 aromatic rings. The highest BCUT2D eigenvalue weighted by atomic mass is 19.4.